The molecule has 0 fully saturated rings. The molecule has 16 heavy (non-hydrogen) atoms. The standard InChI is InChI=1S/C9H13N3O4/c1-9(15,8(14)16-2)5-12-4-3-6(11-12)7(10)13/h3-4,15H,5H2,1-2H3,(H2,10,13). The van der Waals surface area contributed by atoms with Crippen molar-refractivity contribution < 1.29 is 19.4 Å². The molecule has 7 nitrogen and oxygen atoms in total. The van der Waals surface area contributed by atoms with Crippen molar-refractivity contribution in [1.29, 1.82) is 0 Å². The smallest absolute Gasteiger partial charge is 0.339 e. The first-order valence-corrected chi connectivity index (χ1v) is 4.51. The Morgan fingerprint density at radius 3 is 2.75 bits per heavy atom. The molecular weight excluding hydrogens is 214 g/mol. The number of esters is 1. The molecule has 0 saturated carbocycles. The highest BCUT2D eigenvalue weighted by molar-refractivity contribution is 5.90. The van der Waals surface area contributed by atoms with Gasteiger partial charge in [-0.3, -0.25) is 9.48 Å². The highest BCUT2D eigenvalue weighted by Crippen LogP contribution is 2.09. The van der Waals surface area contributed by atoms with E-state index >= 15 is 0 Å². The zero-order valence-corrected chi connectivity index (χ0v) is 9.01. The number of aliphatic hydroxyl groups is 1. The molecule has 1 unspecified atom stereocenters. The van der Waals surface area contributed by atoms with Crippen molar-refractivity contribution in [3.63, 3.8) is 0 Å². The zero-order valence-electron chi connectivity index (χ0n) is 9.01. The van der Waals surface area contributed by atoms with Gasteiger partial charge in [0.15, 0.2) is 5.60 Å². The van der Waals surface area contributed by atoms with Crippen LogP contribution < -0.4 is 5.73 Å². The van der Waals surface area contributed by atoms with Crippen molar-refractivity contribution in [2.45, 2.75) is 19.1 Å². The Hall–Kier alpha value is -1.89. The van der Waals surface area contributed by atoms with Gasteiger partial charge in [0.05, 0.1) is 13.7 Å². The topological polar surface area (TPSA) is 107 Å². The van der Waals surface area contributed by atoms with E-state index in [2.05, 4.69) is 9.84 Å². The van der Waals surface area contributed by atoms with Gasteiger partial charge < -0.3 is 15.6 Å². The van der Waals surface area contributed by atoms with E-state index in [9.17, 15) is 14.7 Å². The lowest BCUT2D eigenvalue weighted by Gasteiger charge is -2.19. The molecule has 0 bridgehead atoms. The molecular formula is C9H13N3O4. The summed E-state index contributed by atoms with van der Waals surface area (Å²) >= 11 is 0. The number of carbonyl (C=O) groups is 2. The van der Waals surface area contributed by atoms with Gasteiger partial charge in [-0.1, -0.05) is 0 Å². The number of primary amides is 1. The third-order valence-electron chi connectivity index (χ3n) is 1.99. The average Bonchev–Trinajstić information content (AvgIpc) is 2.64. The minimum Gasteiger partial charge on any atom is -0.467 e. The molecule has 88 valence electrons. The minimum absolute atomic E-state index is 0.0701. The summed E-state index contributed by atoms with van der Waals surface area (Å²) in [6.07, 6.45) is 1.44. The number of hydrogen-bond donors (Lipinski definition) is 2. The van der Waals surface area contributed by atoms with Gasteiger partial charge in [0.1, 0.15) is 5.69 Å². The van der Waals surface area contributed by atoms with Crippen LogP contribution in [0.4, 0.5) is 0 Å². The van der Waals surface area contributed by atoms with E-state index in [0.717, 1.165) is 0 Å². The van der Waals surface area contributed by atoms with E-state index in [1.807, 2.05) is 0 Å². The van der Waals surface area contributed by atoms with Crippen LogP contribution in [0.25, 0.3) is 0 Å². The minimum atomic E-state index is -1.70. The molecule has 1 amide bonds. The fourth-order valence-corrected chi connectivity index (χ4v) is 1.18. The van der Waals surface area contributed by atoms with Crippen LogP contribution in [0.3, 0.4) is 0 Å². The Labute approximate surface area is 91.8 Å². The number of rotatable bonds is 4. The van der Waals surface area contributed by atoms with Crippen molar-refractivity contribution in [1.82, 2.24) is 9.78 Å². The van der Waals surface area contributed by atoms with Gasteiger partial charge in [0.2, 0.25) is 0 Å². The number of nitrogens with two attached hydrogens (primary N) is 1. The van der Waals surface area contributed by atoms with Crippen LogP contribution in [0.2, 0.25) is 0 Å². The van der Waals surface area contributed by atoms with Crippen LogP contribution in [0.15, 0.2) is 12.3 Å². The predicted octanol–water partition coefficient (Wildman–Crippen LogP) is -1.09. The maximum absolute atomic E-state index is 11.2. The molecule has 1 aromatic heterocycles. The second kappa shape index (κ2) is 4.31. The quantitative estimate of drug-likeness (QED) is 0.635. The highest BCUT2D eigenvalue weighted by Gasteiger charge is 2.32. The van der Waals surface area contributed by atoms with Crippen molar-refractivity contribution in [2.75, 3.05) is 7.11 Å². The molecule has 0 saturated heterocycles. The largest absolute Gasteiger partial charge is 0.467 e. The Morgan fingerprint density at radius 2 is 2.31 bits per heavy atom. The normalized spacial score (nSPS) is 14.2. The van der Waals surface area contributed by atoms with Gasteiger partial charge in [0.25, 0.3) is 5.91 Å². The third kappa shape index (κ3) is 2.57. The molecule has 0 aliphatic heterocycles. The fraction of sp³-hybridized carbons (Fsp3) is 0.444. The Bertz CT molecular complexity index is 411. The molecule has 1 rings (SSSR count). The van der Waals surface area contributed by atoms with Gasteiger partial charge in [0, 0.05) is 6.20 Å². The molecule has 1 heterocycles. The molecule has 0 radical (unpaired) electrons. The van der Waals surface area contributed by atoms with Gasteiger partial charge in [-0.05, 0) is 13.0 Å². The average molecular weight is 227 g/mol. The summed E-state index contributed by atoms with van der Waals surface area (Å²) in [6.45, 7) is 1.18. The maximum Gasteiger partial charge on any atom is 0.339 e. The number of carbonyl (C=O) groups excluding carboxylic acids is 2. The summed E-state index contributed by atoms with van der Waals surface area (Å²) in [6, 6.07) is 1.40. The molecule has 0 aromatic carbocycles. The molecule has 1 aromatic rings. The third-order valence-corrected chi connectivity index (χ3v) is 1.99. The lowest BCUT2D eigenvalue weighted by molar-refractivity contribution is -0.162. The lowest BCUT2D eigenvalue weighted by Crippen LogP contribution is -2.40. The molecule has 7 heteroatoms. The molecule has 3 N–H and O–H groups in total. The van der Waals surface area contributed by atoms with Crippen LogP contribution in [0.1, 0.15) is 17.4 Å². The Kier molecular flexibility index (Phi) is 3.28. The van der Waals surface area contributed by atoms with Crippen LogP contribution in [0.5, 0.6) is 0 Å². The lowest BCUT2D eigenvalue weighted by atomic mass is 10.1. The van der Waals surface area contributed by atoms with Crippen LogP contribution in [-0.4, -0.2) is 39.5 Å². The van der Waals surface area contributed by atoms with Crippen molar-refractivity contribution >= 4 is 11.9 Å². The van der Waals surface area contributed by atoms with Gasteiger partial charge >= 0.3 is 5.97 Å². The van der Waals surface area contributed by atoms with E-state index in [0.29, 0.717) is 0 Å². The summed E-state index contributed by atoms with van der Waals surface area (Å²) in [7, 11) is 1.18. The summed E-state index contributed by atoms with van der Waals surface area (Å²) in [5, 5.41) is 13.5. The first-order valence-electron chi connectivity index (χ1n) is 4.51. The number of methoxy groups -OCH3 is 1. The van der Waals surface area contributed by atoms with Crippen molar-refractivity contribution in [3.8, 4) is 0 Å². The van der Waals surface area contributed by atoms with Gasteiger partial charge in [-0.15, -0.1) is 0 Å². The highest BCUT2D eigenvalue weighted by atomic mass is 16.5. The van der Waals surface area contributed by atoms with Crippen LogP contribution >= 0.6 is 0 Å². The van der Waals surface area contributed by atoms with E-state index < -0.39 is 17.5 Å². The number of amides is 1. The van der Waals surface area contributed by atoms with Crippen molar-refractivity contribution in [2.24, 2.45) is 5.73 Å². The molecule has 0 aliphatic carbocycles. The number of nitrogens with zero attached hydrogens (tertiary/aromatic N) is 2. The second-order valence-corrected chi connectivity index (χ2v) is 3.53. The summed E-state index contributed by atoms with van der Waals surface area (Å²) in [5.74, 6) is -1.44. The van der Waals surface area contributed by atoms with Crippen LogP contribution in [-0.2, 0) is 16.1 Å². The summed E-state index contributed by atoms with van der Waals surface area (Å²) in [5.41, 5.74) is 3.38. The summed E-state index contributed by atoms with van der Waals surface area (Å²) < 4.78 is 5.67. The Balaban J connectivity index is 2.80. The van der Waals surface area contributed by atoms with E-state index in [1.165, 1.54) is 31.0 Å². The van der Waals surface area contributed by atoms with E-state index in [1.54, 1.807) is 0 Å². The van der Waals surface area contributed by atoms with Gasteiger partial charge in [-0.25, -0.2) is 4.79 Å². The van der Waals surface area contributed by atoms with E-state index in [4.69, 9.17) is 5.73 Å². The van der Waals surface area contributed by atoms with Gasteiger partial charge in [-0.2, -0.15) is 5.10 Å². The van der Waals surface area contributed by atoms with Crippen LogP contribution in [0, 0.1) is 0 Å². The monoisotopic (exact) mass is 227 g/mol. The number of ether oxygens (including phenoxy) is 1. The SMILES string of the molecule is COC(=O)C(C)(O)Cn1ccc(C(N)=O)n1. The second-order valence-electron chi connectivity index (χ2n) is 3.53. The zero-order chi connectivity index (χ0) is 12.3. The fourth-order valence-electron chi connectivity index (χ4n) is 1.18. The first kappa shape index (κ1) is 12.2. The first-order chi connectivity index (χ1) is 7.36. The maximum atomic E-state index is 11.2. The molecule has 1 atom stereocenters. The van der Waals surface area contributed by atoms with E-state index in [-0.39, 0.29) is 12.2 Å². The number of hydrogen-bond acceptors (Lipinski definition) is 5. The predicted molar refractivity (Wildman–Crippen MR) is 53.4 cm³/mol. The Morgan fingerprint density at radius 1 is 1.69 bits per heavy atom. The molecule has 0 spiro atoms. The summed E-state index contributed by atoms with van der Waals surface area (Å²) in [4.78, 5) is 21.9. The number of aromatic nitrogens is 2. The molecule has 0 aliphatic rings. The van der Waals surface area contributed by atoms with Crippen molar-refractivity contribution in [3.05, 3.63) is 18.0 Å².